The van der Waals surface area contributed by atoms with Crippen LogP contribution in [0.2, 0.25) is 0 Å². The van der Waals surface area contributed by atoms with Crippen LogP contribution < -0.4 is 4.90 Å². The minimum Gasteiger partial charge on any atom is -0.377 e. The van der Waals surface area contributed by atoms with E-state index in [0.717, 1.165) is 22.4 Å². The molecule has 2 aliphatic rings. The van der Waals surface area contributed by atoms with Crippen LogP contribution in [0.25, 0.3) is 22.4 Å². The number of nitrogens with zero attached hydrogens (tertiary/aromatic N) is 6. The lowest BCUT2D eigenvalue weighted by Gasteiger charge is -2.34. The molecule has 2 saturated heterocycles. The summed E-state index contributed by atoms with van der Waals surface area (Å²) in [6.45, 7) is 6.44. The SMILES string of the molecule is CC(=O)N1CCS(=O)(=Nc2cc(N3CCOC[C@H]3C)nc(-c3ccnc4[nH]ccc34)n2)CC1. The topological polar surface area (TPSA) is 117 Å². The lowest BCUT2D eigenvalue weighted by atomic mass is 10.1. The summed E-state index contributed by atoms with van der Waals surface area (Å²) in [5.41, 5.74) is 1.59. The number of hydrogen-bond acceptors (Lipinski definition) is 8. The Bertz CT molecular complexity index is 1300. The van der Waals surface area contributed by atoms with E-state index in [1.165, 1.54) is 6.92 Å². The first-order chi connectivity index (χ1) is 15.9. The smallest absolute Gasteiger partial charge is 0.219 e. The third-order valence-electron chi connectivity index (χ3n) is 6.13. The van der Waals surface area contributed by atoms with Gasteiger partial charge in [-0.1, -0.05) is 0 Å². The average Bonchev–Trinajstić information content (AvgIpc) is 3.28. The Hall–Kier alpha value is -3.05. The molecule has 10 nitrogen and oxygen atoms in total. The highest BCUT2D eigenvalue weighted by molar-refractivity contribution is 7.93. The fourth-order valence-electron chi connectivity index (χ4n) is 4.26. The molecule has 174 valence electrons. The zero-order valence-electron chi connectivity index (χ0n) is 18.7. The lowest BCUT2D eigenvalue weighted by Crippen LogP contribution is -2.44. The first-order valence-electron chi connectivity index (χ1n) is 11.1. The number of amides is 1. The molecule has 0 bridgehead atoms. The third kappa shape index (κ3) is 4.42. The van der Waals surface area contributed by atoms with E-state index in [0.29, 0.717) is 56.0 Å². The molecule has 0 aliphatic carbocycles. The Kier molecular flexibility index (Phi) is 5.75. The van der Waals surface area contributed by atoms with E-state index in [4.69, 9.17) is 14.7 Å². The van der Waals surface area contributed by atoms with Crippen molar-refractivity contribution in [1.29, 1.82) is 0 Å². The third-order valence-corrected chi connectivity index (χ3v) is 8.29. The standard InChI is InChI=1S/C22H27N7O3S/c1-15-14-32-10-7-29(15)20-13-19(27-33(31)11-8-28(9-12-33)16(2)30)25-22(26-20)18-4-6-24-21-17(18)3-5-23-21/h3-6,13,15H,7-12,14H2,1-2H3,(H,23,24)/t15-/m1/s1. The average molecular weight is 470 g/mol. The Morgan fingerprint density at radius 3 is 2.82 bits per heavy atom. The molecule has 5 heterocycles. The number of H-pyrrole nitrogens is 1. The van der Waals surface area contributed by atoms with Crippen LogP contribution in [-0.2, 0) is 19.3 Å². The maximum absolute atomic E-state index is 13.5. The van der Waals surface area contributed by atoms with Gasteiger partial charge in [0.15, 0.2) is 11.6 Å². The highest BCUT2D eigenvalue weighted by atomic mass is 32.2. The summed E-state index contributed by atoms with van der Waals surface area (Å²) in [6, 6.07) is 5.78. The minimum atomic E-state index is -2.52. The number of carbonyl (C=O) groups excluding carboxylic acids is 1. The van der Waals surface area contributed by atoms with Crippen LogP contribution >= 0.6 is 0 Å². The fourth-order valence-corrected chi connectivity index (χ4v) is 6.09. The molecule has 0 spiro atoms. The highest BCUT2D eigenvalue weighted by Crippen LogP contribution is 2.30. The van der Waals surface area contributed by atoms with E-state index < -0.39 is 9.73 Å². The summed E-state index contributed by atoms with van der Waals surface area (Å²) >= 11 is 0. The van der Waals surface area contributed by atoms with E-state index in [-0.39, 0.29) is 11.9 Å². The Morgan fingerprint density at radius 2 is 2.06 bits per heavy atom. The molecule has 1 N–H and O–H groups in total. The number of hydrogen-bond donors (Lipinski definition) is 1. The molecule has 11 heteroatoms. The zero-order chi connectivity index (χ0) is 23.0. The molecule has 5 rings (SSSR count). The van der Waals surface area contributed by atoms with Gasteiger partial charge in [-0.25, -0.2) is 19.2 Å². The van der Waals surface area contributed by atoms with Crippen molar-refractivity contribution in [2.24, 2.45) is 4.36 Å². The summed E-state index contributed by atoms with van der Waals surface area (Å²) < 4.78 is 23.7. The van der Waals surface area contributed by atoms with Crippen molar-refractivity contribution in [3.63, 3.8) is 0 Å². The van der Waals surface area contributed by atoms with Gasteiger partial charge in [-0.05, 0) is 19.1 Å². The molecule has 1 atom stereocenters. The van der Waals surface area contributed by atoms with E-state index >= 15 is 0 Å². The minimum absolute atomic E-state index is 0.00225. The van der Waals surface area contributed by atoms with Crippen LogP contribution in [0, 0.1) is 0 Å². The molecule has 0 radical (unpaired) electrons. The highest BCUT2D eigenvalue weighted by Gasteiger charge is 2.25. The van der Waals surface area contributed by atoms with Crippen LogP contribution in [0.15, 0.2) is 35.0 Å². The van der Waals surface area contributed by atoms with Gasteiger partial charge in [0.25, 0.3) is 0 Å². The number of nitrogens with one attached hydrogen (secondary N) is 1. The molecule has 2 fully saturated rings. The van der Waals surface area contributed by atoms with Gasteiger partial charge < -0.3 is 19.5 Å². The second-order valence-electron chi connectivity index (χ2n) is 8.40. The van der Waals surface area contributed by atoms with Crippen LogP contribution in [0.4, 0.5) is 11.6 Å². The predicted octanol–water partition coefficient (Wildman–Crippen LogP) is 2.21. The van der Waals surface area contributed by atoms with Crippen LogP contribution in [0.5, 0.6) is 0 Å². The molecule has 0 unspecified atom stereocenters. The lowest BCUT2D eigenvalue weighted by molar-refractivity contribution is -0.128. The summed E-state index contributed by atoms with van der Waals surface area (Å²) in [7, 11) is -2.52. The van der Waals surface area contributed by atoms with Crippen molar-refractivity contribution in [1.82, 2.24) is 24.8 Å². The number of anilines is 1. The van der Waals surface area contributed by atoms with Gasteiger partial charge in [-0.15, -0.1) is 0 Å². The summed E-state index contributed by atoms with van der Waals surface area (Å²) in [5, 5.41) is 0.912. The van der Waals surface area contributed by atoms with Gasteiger partial charge in [0.05, 0.1) is 29.0 Å². The number of rotatable bonds is 3. The number of aromatic nitrogens is 4. The van der Waals surface area contributed by atoms with E-state index in [2.05, 4.69) is 26.2 Å². The van der Waals surface area contributed by atoms with Gasteiger partial charge in [-0.3, -0.25) is 4.79 Å². The molecule has 2 aliphatic heterocycles. The number of pyridine rings is 1. The molecule has 3 aromatic heterocycles. The van der Waals surface area contributed by atoms with Gasteiger partial charge in [0.1, 0.15) is 11.5 Å². The summed E-state index contributed by atoms with van der Waals surface area (Å²) in [6.07, 6.45) is 3.55. The predicted molar refractivity (Wildman–Crippen MR) is 127 cm³/mol. The van der Waals surface area contributed by atoms with Crippen LogP contribution in [0.1, 0.15) is 13.8 Å². The summed E-state index contributed by atoms with van der Waals surface area (Å²) in [4.78, 5) is 32.6. The number of carbonyl (C=O) groups is 1. The van der Waals surface area contributed by atoms with Gasteiger partial charge in [-0.2, -0.15) is 4.36 Å². The summed E-state index contributed by atoms with van der Waals surface area (Å²) in [5.74, 6) is 2.33. The van der Waals surface area contributed by atoms with Crippen molar-refractivity contribution in [2.75, 3.05) is 49.3 Å². The van der Waals surface area contributed by atoms with E-state index in [9.17, 15) is 9.00 Å². The van der Waals surface area contributed by atoms with Crippen molar-refractivity contribution in [3.8, 4) is 11.4 Å². The monoisotopic (exact) mass is 469 g/mol. The first-order valence-corrected chi connectivity index (χ1v) is 12.9. The van der Waals surface area contributed by atoms with Crippen molar-refractivity contribution in [2.45, 2.75) is 19.9 Å². The normalized spacial score (nSPS) is 20.7. The quantitative estimate of drug-likeness (QED) is 0.625. The Morgan fingerprint density at radius 1 is 1.24 bits per heavy atom. The van der Waals surface area contributed by atoms with Gasteiger partial charge >= 0.3 is 0 Å². The maximum atomic E-state index is 13.5. The van der Waals surface area contributed by atoms with Crippen LogP contribution in [0.3, 0.4) is 0 Å². The molecular weight excluding hydrogens is 442 g/mol. The Balaban J connectivity index is 1.60. The zero-order valence-corrected chi connectivity index (χ0v) is 19.5. The molecular formula is C22H27N7O3S. The number of aromatic amines is 1. The molecule has 1 amide bonds. The van der Waals surface area contributed by atoms with Crippen molar-refractivity contribution >= 4 is 38.3 Å². The van der Waals surface area contributed by atoms with Gasteiger partial charge in [0.2, 0.25) is 5.91 Å². The van der Waals surface area contributed by atoms with E-state index in [1.54, 1.807) is 11.1 Å². The first kappa shape index (κ1) is 21.8. The number of ether oxygens (including phenoxy) is 1. The molecule has 33 heavy (non-hydrogen) atoms. The number of morpholine rings is 1. The number of fused-ring (bicyclic) bond motifs is 1. The molecule has 0 saturated carbocycles. The second kappa shape index (κ2) is 8.71. The Labute approximate surface area is 192 Å². The second-order valence-corrected chi connectivity index (χ2v) is 10.9. The largest absolute Gasteiger partial charge is 0.377 e. The van der Waals surface area contributed by atoms with Crippen molar-refractivity contribution < 1.29 is 13.7 Å². The van der Waals surface area contributed by atoms with E-state index in [1.807, 2.05) is 24.4 Å². The van der Waals surface area contributed by atoms with Gasteiger partial charge in [0, 0.05) is 67.5 Å². The molecule has 0 aromatic carbocycles. The maximum Gasteiger partial charge on any atom is 0.219 e. The molecule has 3 aromatic rings. The van der Waals surface area contributed by atoms with Crippen LogP contribution in [-0.4, -0.2) is 85.3 Å². The fraction of sp³-hybridized carbons (Fsp3) is 0.455. The van der Waals surface area contributed by atoms with Crippen molar-refractivity contribution in [3.05, 3.63) is 30.6 Å².